The molecule has 2 aliphatic rings. The first kappa shape index (κ1) is 17.5. The molecule has 1 N–H and O–H groups in total. The third-order valence-electron chi connectivity index (χ3n) is 5.22. The van der Waals surface area contributed by atoms with Gasteiger partial charge in [0.1, 0.15) is 5.82 Å². The van der Waals surface area contributed by atoms with E-state index in [1.165, 1.54) is 30.7 Å². The Labute approximate surface area is 157 Å². The number of rotatable bonds is 4. The predicted molar refractivity (Wildman–Crippen MR) is 103 cm³/mol. The summed E-state index contributed by atoms with van der Waals surface area (Å²) in [4.78, 5) is 28.9. The Bertz CT molecular complexity index is 847. The van der Waals surface area contributed by atoms with E-state index in [2.05, 4.69) is 10.2 Å². The van der Waals surface area contributed by atoms with Gasteiger partial charge in [-0.05, 0) is 55.3 Å². The van der Waals surface area contributed by atoms with Gasteiger partial charge in [-0.15, -0.1) is 0 Å². The summed E-state index contributed by atoms with van der Waals surface area (Å²) < 4.78 is 13.3. The third kappa shape index (κ3) is 3.79. The van der Waals surface area contributed by atoms with Gasteiger partial charge in [-0.1, -0.05) is 6.07 Å². The number of carbonyl (C=O) groups excluding carboxylic acids is 2. The summed E-state index contributed by atoms with van der Waals surface area (Å²) in [5, 5.41) is 2.70. The second-order valence-electron chi connectivity index (χ2n) is 7.12. The molecule has 2 heterocycles. The molecule has 2 aromatic rings. The SMILES string of the molecule is O=C(Nc1cccc(F)c1)C1CC(=O)N(c2ccc(N3CCCC3)cc2)C1. The van der Waals surface area contributed by atoms with Crippen molar-refractivity contribution in [3.8, 4) is 0 Å². The molecule has 2 fully saturated rings. The number of benzene rings is 2. The minimum absolute atomic E-state index is 0.0664. The summed E-state index contributed by atoms with van der Waals surface area (Å²) in [7, 11) is 0. The lowest BCUT2D eigenvalue weighted by atomic mass is 10.1. The van der Waals surface area contributed by atoms with Gasteiger partial charge in [-0.2, -0.15) is 0 Å². The third-order valence-corrected chi connectivity index (χ3v) is 5.22. The molecule has 0 saturated carbocycles. The number of carbonyl (C=O) groups is 2. The van der Waals surface area contributed by atoms with Gasteiger partial charge in [0.2, 0.25) is 11.8 Å². The minimum atomic E-state index is -0.445. The topological polar surface area (TPSA) is 52.7 Å². The zero-order valence-corrected chi connectivity index (χ0v) is 15.0. The Morgan fingerprint density at radius 3 is 2.44 bits per heavy atom. The van der Waals surface area contributed by atoms with Crippen molar-refractivity contribution < 1.29 is 14.0 Å². The molecule has 0 bridgehead atoms. The lowest BCUT2D eigenvalue weighted by Gasteiger charge is -2.20. The Hall–Kier alpha value is -2.89. The Morgan fingerprint density at radius 1 is 1.04 bits per heavy atom. The maximum absolute atomic E-state index is 13.3. The molecule has 1 atom stereocenters. The number of nitrogens with zero attached hydrogens (tertiary/aromatic N) is 2. The van der Waals surface area contributed by atoms with Crippen molar-refractivity contribution in [2.24, 2.45) is 5.92 Å². The molecule has 5 nitrogen and oxygen atoms in total. The molecule has 4 rings (SSSR count). The average Bonchev–Trinajstić information content (AvgIpc) is 3.32. The van der Waals surface area contributed by atoms with Crippen LogP contribution in [0.5, 0.6) is 0 Å². The van der Waals surface area contributed by atoms with Crippen molar-refractivity contribution in [3.63, 3.8) is 0 Å². The molecule has 0 aromatic heterocycles. The quantitative estimate of drug-likeness (QED) is 0.901. The van der Waals surface area contributed by atoms with Crippen molar-refractivity contribution in [1.29, 1.82) is 0 Å². The van der Waals surface area contributed by atoms with Crippen LogP contribution in [0.4, 0.5) is 21.5 Å². The first-order valence-electron chi connectivity index (χ1n) is 9.32. The van der Waals surface area contributed by atoms with E-state index < -0.39 is 11.7 Å². The normalized spacial score (nSPS) is 19.6. The van der Waals surface area contributed by atoms with Crippen molar-refractivity contribution in [1.82, 2.24) is 0 Å². The van der Waals surface area contributed by atoms with Crippen LogP contribution in [-0.2, 0) is 9.59 Å². The van der Waals surface area contributed by atoms with E-state index in [0.29, 0.717) is 12.2 Å². The van der Waals surface area contributed by atoms with E-state index in [1.807, 2.05) is 24.3 Å². The molecule has 0 spiro atoms. The lowest BCUT2D eigenvalue weighted by molar-refractivity contribution is -0.122. The highest BCUT2D eigenvalue weighted by Gasteiger charge is 2.35. The first-order chi connectivity index (χ1) is 13.1. The number of anilines is 3. The fourth-order valence-corrected chi connectivity index (χ4v) is 3.76. The van der Waals surface area contributed by atoms with Crippen LogP contribution in [0.2, 0.25) is 0 Å². The molecular formula is C21H22FN3O2. The Morgan fingerprint density at radius 2 is 1.74 bits per heavy atom. The van der Waals surface area contributed by atoms with Gasteiger partial charge < -0.3 is 15.1 Å². The standard InChI is InChI=1S/C21H22FN3O2/c22-16-4-3-5-17(13-16)23-21(27)15-12-20(26)25(14-15)19-8-6-18(7-9-19)24-10-1-2-11-24/h3-9,13,15H,1-2,10-12,14H2,(H,23,27). The van der Waals surface area contributed by atoms with Crippen LogP contribution < -0.4 is 15.1 Å². The van der Waals surface area contributed by atoms with Crippen LogP contribution in [0.15, 0.2) is 48.5 Å². The van der Waals surface area contributed by atoms with Gasteiger partial charge in [0.05, 0.1) is 5.92 Å². The minimum Gasteiger partial charge on any atom is -0.372 e. The van der Waals surface area contributed by atoms with E-state index in [0.717, 1.165) is 18.8 Å². The van der Waals surface area contributed by atoms with Crippen LogP contribution in [0.3, 0.4) is 0 Å². The van der Waals surface area contributed by atoms with Gasteiger partial charge >= 0.3 is 0 Å². The van der Waals surface area contributed by atoms with Gasteiger partial charge in [0.25, 0.3) is 0 Å². The van der Waals surface area contributed by atoms with Gasteiger partial charge in [0, 0.05) is 43.1 Å². The van der Waals surface area contributed by atoms with Gasteiger partial charge in [-0.25, -0.2) is 4.39 Å². The van der Waals surface area contributed by atoms with E-state index >= 15 is 0 Å². The second kappa shape index (κ2) is 7.39. The van der Waals surface area contributed by atoms with Crippen molar-refractivity contribution >= 4 is 28.9 Å². The summed E-state index contributed by atoms with van der Waals surface area (Å²) in [5.74, 6) is -1.18. The molecule has 2 amide bonds. The number of halogens is 1. The molecule has 2 aliphatic heterocycles. The zero-order valence-electron chi connectivity index (χ0n) is 15.0. The average molecular weight is 367 g/mol. The maximum atomic E-state index is 13.3. The molecule has 2 saturated heterocycles. The fraction of sp³-hybridized carbons (Fsp3) is 0.333. The summed E-state index contributed by atoms with van der Waals surface area (Å²) in [6, 6.07) is 13.7. The van der Waals surface area contributed by atoms with Crippen LogP contribution in [-0.4, -0.2) is 31.4 Å². The lowest BCUT2D eigenvalue weighted by Crippen LogP contribution is -2.28. The molecule has 2 aromatic carbocycles. The smallest absolute Gasteiger partial charge is 0.229 e. The summed E-state index contributed by atoms with van der Waals surface area (Å²) in [6.45, 7) is 2.48. The van der Waals surface area contributed by atoms with E-state index in [4.69, 9.17) is 0 Å². The fourth-order valence-electron chi connectivity index (χ4n) is 3.76. The number of amides is 2. The second-order valence-corrected chi connectivity index (χ2v) is 7.12. The largest absolute Gasteiger partial charge is 0.372 e. The maximum Gasteiger partial charge on any atom is 0.229 e. The highest BCUT2D eigenvalue weighted by Crippen LogP contribution is 2.29. The number of nitrogens with one attached hydrogen (secondary N) is 1. The van der Waals surface area contributed by atoms with Crippen LogP contribution in [0.1, 0.15) is 19.3 Å². The molecule has 27 heavy (non-hydrogen) atoms. The monoisotopic (exact) mass is 367 g/mol. The predicted octanol–water partition coefficient (Wildman–Crippen LogP) is 3.42. The molecule has 140 valence electrons. The van der Waals surface area contributed by atoms with Gasteiger partial charge in [-0.3, -0.25) is 9.59 Å². The van der Waals surface area contributed by atoms with Crippen LogP contribution >= 0.6 is 0 Å². The Kier molecular flexibility index (Phi) is 4.79. The summed E-state index contributed by atoms with van der Waals surface area (Å²) in [5.41, 5.74) is 2.38. The van der Waals surface area contributed by atoms with E-state index in [-0.39, 0.29) is 18.2 Å². The van der Waals surface area contributed by atoms with Crippen molar-refractivity contribution in [3.05, 3.63) is 54.3 Å². The highest BCUT2D eigenvalue weighted by molar-refractivity contribution is 6.03. The molecule has 1 unspecified atom stereocenters. The summed E-state index contributed by atoms with van der Waals surface area (Å²) in [6.07, 6.45) is 2.60. The van der Waals surface area contributed by atoms with Gasteiger partial charge in [0.15, 0.2) is 0 Å². The molecule has 6 heteroatoms. The zero-order chi connectivity index (χ0) is 18.8. The highest BCUT2D eigenvalue weighted by atomic mass is 19.1. The van der Waals surface area contributed by atoms with Crippen LogP contribution in [0, 0.1) is 11.7 Å². The van der Waals surface area contributed by atoms with Crippen molar-refractivity contribution in [2.45, 2.75) is 19.3 Å². The van der Waals surface area contributed by atoms with Crippen molar-refractivity contribution in [2.75, 3.05) is 34.8 Å². The number of hydrogen-bond donors (Lipinski definition) is 1. The van der Waals surface area contributed by atoms with E-state index in [1.54, 1.807) is 17.0 Å². The number of hydrogen-bond acceptors (Lipinski definition) is 3. The Balaban J connectivity index is 1.41. The molecule has 0 aliphatic carbocycles. The summed E-state index contributed by atoms with van der Waals surface area (Å²) >= 11 is 0. The molecule has 0 radical (unpaired) electrons. The van der Waals surface area contributed by atoms with Crippen LogP contribution in [0.25, 0.3) is 0 Å². The molecular weight excluding hydrogens is 345 g/mol. The first-order valence-corrected chi connectivity index (χ1v) is 9.32. The van der Waals surface area contributed by atoms with E-state index in [9.17, 15) is 14.0 Å².